The molecule has 0 radical (unpaired) electrons. The van der Waals surface area contributed by atoms with Crippen molar-refractivity contribution >= 4 is 6.09 Å². The summed E-state index contributed by atoms with van der Waals surface area (Å²) in [5.74, 6) is 0. The molecule has 19 heavy (non-hydrogen) atoms. The number of hydrogen-bond acceptors (Lipinski definition) is 4. The number of hydrazine groups is 1. The van der Waals surface area contributed by atoms with Crippen molar-refractivity contribution in [3.05, 3.63) is 0 Å². The number of hydrogen-bond donors (Lipinski definition) is 2. The van der Waals surface area contributed by atoms with Gasteiger partial charge >= 0.3 is 6.09 Å². The summed E-state index contributed by atoms with van der Waals surface area (Å²) in [6.07, 6.45) is 6.30. The normalized spacial score (nSPS) is 26.4. The summed E-state index contributed by atoms with van der Waals surface area (Å²) in [7, 11) is 0. The molecule has 1 unspecified atom stereocenters. The predicted octanol–water partition coefficient (Wildman–Crippen LogP) is 2.51. The van der Waals surface area contributed by atoms with Gasteiger partial charge in [-0.05, 0) is 46.5 Å². The topological polar surface area (TPSA) is 59.6 Å². The van der Waals surface area contributed by atoms with Gasteiger partial charge in [0, 0.05) is 12.6 Å². The molecule has 1 amide bonds. The fraction of sp³-hybridized carbons (Fsp3) is 0.929. The third kappa shape index (κ3) is 4.35. The van der Waals surface area contributed by atoms with Crippen LogP contribution in [0.25, 0.3) is 0 Å². The van der Waals surface area contributed by atoms with Crippen LogP contribution in [0.1, 0.15) is 59.3 Å². The van der Waals surface area contributed by atoms with Crippen molar-refractivity contribution in [3.63, 3.8) is 0 Å². The monoisotopic (exact) mass is 270 g/mol. The van der Waals surface area contributed by atoms with Crippen LogP contribution in [-0.4, -0.2) is 29.9 Å². The van der Waals surface area contributed by atoms with E-state index in [1.165, 1.54) is 12.8 Å². The molecule has 1 heterocycles. The fourth-order valence-electron chi connectivity index (χ4n) is 2.98. The Bertz CT molecular complexity index is 319. The van der Waals surface area contributed by atoms with E-state index in [-0.39, 0.29) is 11.6 Å². The zero-order valence-corrected chi connectivity index (χ0v) is 12.3. The molecular formula is C14H26N2O3. The highest BCUT2D eigenvalue weighted by molar-refractivity contribution is 5.67. The first kappa shape index (κ1) is 14.6. The smallest absolute Gasteiger partial charge is 0.422 e. The predicted molar refractivity (Wildman–Crippen MR) is 72.7 cm³/mol. The van der Waals surface area contributed by atoms with Crippen LogP contribution < -0.4 is 10.9 Å². The number of ether oxygens (including phenoxy) is 2. The third-order valence-corrected chi connectivity index (χ3v) is 3.78. The molecular weight excluding hydrogens is 244 g/mol. The summed E-state index contributed by atoms with van der Waals surface area (Å²) in [6.45, 7) is 6.34. The maximum atomic E-state index is 11.6. The van der Waals surface area contributed by atoms with E-state index in [0.717, 1.165) is 32.3 Å². The number of nitrogens with one attached hydrogen (secondary N) is 2. The van der Waals surface area contributed by atoms with Gasteiger partial charge in [0.25, 0.3) is 0 Å². The molecule has 0 aromatic carbocycles. The lowest BCUT2D eigenvalue weighted by Crippen LogP contribution is -2.52. The second-order valence-electron chi connectivity index (χ2n) is 6.70. The first-order valence-electron chi connectivity index (χ1n) is 7.27. The molecule has 1 saturated carbocycles. The van der Waals surface area contributed by atoms with Gasteiger partial charge in [0.1, 0.15) is 5.60 Å². The van der Waals surface area contributed by atoms with E-state index in [2.05, 4.69) is 10.9 Å². The third-order valence-electron chi connectivity index (χ3n) is 3.78. The molecule has 1 atom stereocenters. The Morgan fingerprint density at radius 3 is 2.63 bits per heavy atom. The lowest BCUT2D eigenvalue weighted by molar-refractivity contribution is -0.0852. The minimum Gasteiger partial charge on any atom is -0.443 e. The number of carbonyl (C=O) groups excluding carboxylic acids is 1. The second-order valence-corrected chi connectivity index (χ2v) is 6.70. The van der Waals surface area contributed by atoms with Gasteiger partial charge in [-0.2, -0.15) is 0 Å². The van der Waals surface area contributed by atoms with Crippen molar-refractivity contribution in [3.8, 4) is 0 Å². The molecule has 5 heteroatoms. The molecule has 0 bridgehead atoms. The average molecular weight is 270 g/mol. The Kier molecular flexibility index (Phi) is 4.36. The van der Waals surface area contributed by atoms with Gasteiger partial charge in [-0.1, -0.05) is 12.8 Å². The van der Waals surface area contributed by atoms with E-state index in [1.807, 2.05) is 20.8 Å². The Balaban J connectivity index is 1.75. The largest absolute Gasteiger partial charge is 0.443 e. The Labute approximate surface area is 115 Å². The summed E-state index contributed by atoms with van der Waals surface area (Å²) >= 11 is 0. The fourth-order valence-corrected chi connectivity index (χ4v) is 2.98. The Hall–Kier alpha value is -0.810. The molecule has 2 aliphatic rings. The summed E-state index contributed by atoms with van der Waals surface area (Å²) in [5.41, 5.74) is 5.34. The quantitative estimate of drug-likeness (QED) is 0.757. The van der Waals surface area contributed by atoms with Gasteiger partial charge < -0.3 is 9.47 Å². The highest BCUT2D eigenvalue weighted by atomic mass is 16.6. The van der Waals surface area contributed by atoms with E-state index in [4.69, 9.17) is 9.47 Å². The molecule has 1 saturated heterocycles. The van der Waals surface area contributed by atoms with Crippen LogP contribution in [0, 0.1) is 0 Å². The molecule has 0 aromatic heterocycles. The van der Waals surface area contributed by atoms with Crippen LogP contribution in [0.15, 0.2) is 0 Å². The van der Waals surface area contributed by atoms with Crippen molar-refractivity contribution in [1.29, 1.82) is 0 Å². The van der Waals surface area contributed by atoms with Crippen molar-refractivity contribution in [2.75, 3.05) is 6.61 Å². The van der Waals surface area contributed by atoms with Gasteiger partial charge in [0.2, 0.25) is 0 Å². The van der Waals surface area contributed by atoms with E-state index in [1.54, 1.807) is 0 Å². The van der Waals surface area contributed by atoms with Crippen LogP contribution in [0.5, 0.6) is 0 Å². The van der Waals surface area contributed by atoms with Crippen LogP contribution >= 0.6 is 0 Å². The van der Waals surface area contributed by atoms with Crippen molar-refractivity contribution in [2.24, 2.45) is 0 Å². The maximum absolute atomic E-state index is 11.6. The van der Waals surface area contributed by atoms with Crippen LogP contribution in [0.2, 0.25) is 0 Å². The molecule has 0 aromatic rings. The summed E-state index contributed by atoms with van der Waals surface area (Å²) in [5, 5.41) is 0. The van der Waals surface area contributed by atoms with Crippen molar-refractivity contribution in [2.45, 2.75) is 76.5 Å². The van der Waals surface area contributed by atoms with E-state index in [9.17, 15) is 4.79 Å². The summed E-state index contributed by atoms with van der Waals surface area (Å²) in [6, 6.07) is 0.277. The molecule has 5 nitrogen and oxygen atoms in total. The first-order valence-corrected chi connectivity index (χ1v) is 7.27. The van der Waals surface area contributed by atoms with Gasteiger partial charge in [0.15, 0.2) is 0 Å². The van der Waals surface area contributed by atoms with Crippen molar-refractivity contribution < 1.29 is 14.3 Å². The average Bonchev–Trinajstić information content (AvgIpc) is 2.73. The van der Waals surface area contributed by atoms with Gasteiger partial charge in [-0.25, -0.2) is 10.2 Å². The van der Waals surface area contributed by atoms with E-state index >= 15 is 0 Å². The molecule has 2 rings (SSSR count). The van der Waals surface area contributed by atoms with Gasteiger partial charge in [-0.3, -0.25) is 5.43 Å². The SMILES string of the molecule is CC(C)(C)OC(=O)NNC1CCOC2(CCCC2)C1. The van der Waals surface area contributed by atoms with Crippen LogP contribution in [0.4, 0.5) is 4.79 Å². The maximum Gasteiger partial charge on any atom is 0.422 e. The number of rotatable bonds is 2. The first-order chi connectivity index (χ1) is 8.89. The molecule has 2 N–H and O–H groups in total. The Morgan fingerprint density at radius 2 is 2.00 bits per heavy atom. The lowest BCUT2D eigenvalue weighted by Gasteiger charge is -2.38. The minimum absolute atomic E-state index is 0.0610. The van der Waals surface area contributed by atoms with E-state index < -0.39 is 11.7 Å². The minimum atomic E-state index is -0.464. The van der Waals surface area contributed by atoms with Crippen LogP contribution in [0.3, 0.4) is 0 Å². The molecule has 110 valence electrons. The lowest BCUT2D eigenvalue weighted by atomic mass is 9.89. The molecule has 1 aliphatic heterocycles. The van der Waals surface area contributed by atoms with Crippen molar-refractivity contribution in [1.82, 2.24) is 10.9 Å². The summed E-state index contributed by atoms with van der Waals surface area (Å²) < 4.78 is 11.2. The van der Waals surface area contributed by atoms with Crippen LogP contribution in [-0.2, 0) is 9.47 Å². The highest BCUT2D eigenvalue weighted by Gasteiger charge is 2.39. The van der Waals surface area contributed by atoms with E-state index in [0.29, 0.717) is 0 Å². The summed E-state index contributed by atoms with van der Waals surface area (Å²) in [4.78, 5) is 11.6. The standard InChI is InChI=1S/C14H26N2O3/c1-13(2,3)19-12(17)16-15-11-6-9-18-14(10-11)7-4-5-8-14/h11,15H,4-10H2,1-3H3,(H,16,17). The molecule has 1 spiro atoms. The van der Waals surface area contributed by atoms with Gasteiger partial charge in [0.05, 0.1) is 5.60 Å². The zero-order chi connectivity index (χ0) is 13.9. The molecule has 2 fully saturated rings. The highest BCUT2D eigenvalue weighted by Crippen LogP contribution is 2.39. The number of carbonyl (C=O) groups is 1. The van der Waals surface area contributed by atoms with Gasteiger partial charge in [-0.15, -0.1) is 0 Å². The second kappa shape index (κ2) is 5.67. The Morgan fingerprint density at radius 1 is 1.32 bits per heavy atom. The number of amides is 1. The zero-order valence-electron chi connectivity index (χ0n) is 12.3. The molecule has 1 aliphatic carbocycles.